The summed E-state index contributed by atoms with van der Waals surface area (Å²) in [6.07, 6.45) is 1.16. The lowest BCUT2D eigenvalue weighted by molar-refractivity contribution is -0.120. The molecule has 2 amide bonds. The molecular weight excluding hydrogens is 639 g/mol. The average Bonchev–Trinajstić information content (AvgIpc) is 3.02. The molecule has 0 radical (unpaired) electrons. The molecule has 0 N–H and O–H groups in total. The Morgan fingerprint density at radius 1 is 1.10 bits per heavy atom. The Kier molecular flexibility index (Phi) is 8.35. The van der Waals surface area contributed by atoms with Crippen molar-refractivity contribution >= 4 is 46.0 Å². The molecule has 1 aromatic carbocycles. The van der Waals surface area contributed by atoms with Crippen LogP contribution in [0.25, 0.3) is 28.0 Å². The lowest BCUT2D eigenvalue weighted by Gasteiger charge is -2.47. The molecule has 3 aromatic heterocycles. The maximum atomic E-state index is 15.5. The number of pyridine rings is 3. The Labute approximate surface area is 282 Å². The quantitative estimate of drug-likeness (QED) is 0.256. The number of piperazine rings is 1. The Hall–Kier alpha value is -4.71. The summed E-state index contributed by atoms with van der Waals surface area (Å²) in [6.45, 7) is 11.7. The first kappa shape index (κ1) is 33.2. The van der Waals surface area contributed by atoms with E-state index in [1.165, 1.54) is 33.6 Å². The molecule has 0 bridgehead atoms. The van der Waals surface area contributed by atoms with Crippen LogP contribution in [0.1, 0.15) is 51.8 Å². The van der Waals surface area contributed by atoms with Crippen LogP contribution in [-0.2, 0) is 9.53 Å². The number of aromatic nitrogens is 3. The van der Waals surface area contributed by atoms with Crippen molar-refractivity contribution in [2.24, 2.45) is 0 Å². The van der Waals surface area contributed by atoms with Gasteiger partial charge in [-0.15, -0.1) is 0 Å². The predicted molar refractivity (Wildman–Crippen MR) is 183 cm³/mol. The van der Waals surface area contributed by atoms with Gasteiger partial charge < -0.3 is 24.2 Å². The number of benzene rings is 1. The van der Waals surface area contributed by atoms with Gasteiger partial charge in [-0.1, -0.05) is 31.5 Å². The number of ether oxygens (including phenoxy) is 2. The average molecular weight is 677 g/mol. The van der Waals surface area contributed by atoms with E-state index in [4.69, 9.17) is 26.1 Å². The fourth-order valence-electron chi connectivity index (χ4n) is 6.51. The number of nitrogens with zero attached hydrogens (tertiary/aromatic N) is 6. The van der Waals surface area contributed by atoms with Gasteiger partial charge >= 0.3 is 6.09 Å². The zero-order chi connectivity index (χ0) is 34.8. The lowest BCUT2D eigenvalue weighted by Crippen LogP contribution is -2.64. The molecule has 1 saturated heterocycles. The fraction of sp³-hybridized carbons (Fsp3) is 0.400. The Balaban J connectivity index is 1.67. The molecular formula is C35H38ClFN6O5. The molecule has 13 heteroatoms. The highest BCUT2D eigenvalue weighted by Crippen LogP contribution is 2.44. The van der Waals surface area contributed by atoms with Gasteiger partial charge in [0.1, 0.15) is 28.9 Å². The number of hydrogen-bond acceptors (Lipinski definition) is 8. The minimum atomic E-state index is -0.807. The highest BCUT2D eigenvalue weighted by atomic mass is 35.5. The van der Waals surface area contributed by atoms with E-state index >= 15 is 4.39 Å². The molecule has 2 aliphatic rings. The molecule has 2 aliphatic heterocycles. The molecule has 252 valence electrons. The summed E-state index contributed by atoms with van der Waals surface area (Å²) in [6, 6.07) is 7.07. The van der Waals surface area contributed by atoms with E-state index in [0.717, 1.165) is 5.56 Å². The summed E-state index contributed by atoms with van der Waals surface area (Å²) in [5, 5.41) is 0.593. The topological polar surface area (TPSA) is 110 Å². The number of hydrogen-bond donors (Lipinski definition) is 0. The summed E-state index contributed by atoms with van der Waals surface area (Å²) in [4.78, 5) is 56.2. The molecule has 0 spiro atoms. The van der Waals surface area contributed by atoms with E-state index in [9.17, 15) is 14.4 Å². The zero-order valence-electron chi connectivity index (χ0n) is 28.2. The van der Waals surface area contributed by atoms with Crippen LogP contribution in [0.3, 0.4) is 0 Å². The van der Waals surface area contributed by atoms with Crippen LogP contribution < -0.4 is 20.1 Å². The van der Waals surface area contributed by atoms with Gasteiger partial charge in [0.25, 0.3) is 11.5 Å². The van der Waals surface area contributed by atoms with Crippen molar-refractivity contribution in [3.05, 3.63) is 69.0 Å². The molecule has 6 rings (SSSR count). The monoisotopic (exact) mass is 676 g/mol. The Morgan fingerprint density at radius 2 is 1.83 bits per heavy atom. The number of methoxy groups -OCH3 is 1. The number of halogens is 2. The number of likely N-dealkylation sites (N-methyl/N-ethyl adjacent to an activating group) is 1. The number of carbonyl (C=O) groups excluding carboxylic acids is 2. The molecule has 0 saturated carbocycles. The Bertz CT molecular complexity index is 2040. The van der Waals surface area contributed by atoms with Crippen LogP contribution in [0.15, 0.2) is 41.3 Å². The summed E-state index contributed by atoms with van der Waals surface area (Å²) < 4.78 is 28.0. The first-order chi connectivity index (χ1) is 22.6. The standard InChI is InChI=1S/C35H38ClFN6O5/c1-18(2)26-28(19(3)12-13-38-26)43-31-20(16-21(36)27(39-31)25-22(37)10-9-11-24(25)47-8)29-30(33(43)45)40(7)32(44)23-17-41(14-15-42(23)29)34(46)48-35(4,5)6/h9-13,16,18,23H,14-15,17H2,1-8H3/t23-/m1/s1. The number of anilines is 2. The second-order valence-electron chi connectivity index (χ2n) is 13.4. The molecule has 1 fully saturated rings. The first-order valence-corrected chi connectivity index (χ1v) is 16.1. The van der Waals surface area contributed by atoms with Crippen LogP contribution in [-0.4, -0.2) is 76.9 Å². The van der Waals surface area contributed by atoms with Crippen LogP contribution in [0, 0.1) is 12.7 Å². The molecule has 1 atom stereocenters. The van der Waals surface area contributed by atoms with E-state index < -0.39 is 29.1 Å². The first-order valence-electron chi connectivity index (χ1n) is 15.7. The van der Waals surface area contributed by atoms with Crippen LogP contribution >= 0.6 is 11.6 Å². The largest absolute Gasteiger partial charge is 0.496 e. The minimum Gasteiger partial charge on any atom is -0.496 e. The maximum Gasteiger partial charge on any atom is 0.410 e. The van der Waals surface area contributed by atoms with Gasteiger partial charge in [-0.05, 0) is 63.4 Å². The van der Waals surface area contributed by atoms with Gasteiger partial charge in [0, 0.05) is 31.7 Å². The summed E-state index contributed by atoms with van der Waals surface area (Å²) in [5.41, 5.74) is 1.65. The number of aryl methyl sites for hydroxylation is 1. The summed E-state index contributed by atoms with van der Waals surface area (Å²) >= 11 is 6.95. The molecule has 48 heavy (non-hydrogen) atoms. The molecule has 4 aromatic rings. The normalized spacial score (nSPS) is 16.4. The van der Waals surface area contributed by atoms with Crippen LogP contribution in [0.5, 0.6) is 5.75 Å². The number of amides is 2. The van der Waals surface area contributed by atoms with Crippen molar-refractivity contribution < 1.29 is 23.5 Å². The van der Waals surface area contributed by atoms with Gasteiger partial charge in [0.15, 0.2) is 5.65 Å². The van der Waals surface area contributed by atoms with E-state index in [1.54, 1.807) is 52.2 Å². The minimum absolute atomic E-state index is 0.0479. The SMILES string of the molecule is COc1cccc(F)c1-c1nc2c(cc1Cl)c1c(c(=O)n2-c2c(C)ccnc2C(C)C)N(C)C(=O)[C@H]2CN(C(=O)OC(C)(C)C)CCN12. The van der Waals surface area contributed by atoms with Gasteiger partial charge in [0.05, 0.1) is 47.0 Å². The third-order valence-corrected chi connectivity index (χ3v) is 8.97. The number of rotatable bonds is 4. The van der Waals surface area contributed by atoms with E-state index in [2.05, 4.69) is 4.98 Å². The molecule has 5 heterocycles. The van der Waals surface area contributed by atoms with Gasteiger partial charge in [-0.25, -0.2) is 14.2 Å². The summed E-state index contributed by atoms with van der Waals surface area (Å²) in [5.74, 6) is -0.808. The van der Waals surface area contributed by atoms with E-state index in [1.807, 2.05) is 25.7 Å². The maximum absolute atomic E-state index is 15.5. The second-order valence-corrected chi connectivity index (χ2v) is 13.8. The van der Waals surface area contributed by atoms with Crippen molar-refractivity contribution in [3.8, 4) is 22.7 Å². The third-order valence-electron chi connectivity index (χ3n) is 8.68. The van der Waals surface area contributed by atoms with E-state index in [0.29, 0.717) is 22.5 Å². The van der Waals surface area contributed by atoms with Gasteiger partial charge in [-0.2, -0.15) is 0 Å². The number of fused-ring (bicyclic) bond motifs is 5. The molecule has 0 unspecified atom stereocenters. The van der Waals surface area contributed by atoms with E-state index in [-0.39, 0.29) is 64.8 Å². The van der Waals surface area contributed by atoms with Gasteiger partial charge in [0.2, 0.25) is 0 Å². The van der Waals surface area contributed by atoms with Gasteiger partial charge in [-0.3, -0.25) is 19.1 Å². The van der Waals surface area contributed by atoms with Crippen LogP contribution in [0.2, 0.25) is 5.02 Å². The third kappa shape index (κ3) is 5.41. The van der Waals surface area contributed by atoms with Crippen LogP contribution in [0.4, 0.5) is 20.6 Å². The van der Waals surface area contributed by atoms with Crippen molar-refractivity contribution in [2.45, 2.75) is 59.1 Å². The van der Waals surface area contributed by atoms with Crippen molar-refractivity contribution in [2.75, 3.05) is 43.6 Å². The fourth-order valence-corrected chi connectivity index (χ4v) is 6.75. The highest BCUT2D eigenvalue weighted by molar-refractivity contribution is 6.34. The number of carbonyl (C=O) groups is 2. The molecule has 11 nitrogen and oxygen atoms in total. The lowest BCUT2D eigenvalue weighted by atomic mass is 10.00. The smallest absolute Gasteiger partial charge is 0.410 e. The predicted octanol–water partition coefficient (Wildman–Crippen LogP) is 6.08. The summed E-state index contributed by atoms with van der Waals surface area (Å²) in [7, 11) is 2.98. The molecule has 0 aliphatic carbocycles. The highest BCUT2D eigenvalue weighted by Gasteiger charge is 2.45. The Morgan fingerprint density at radius 3 is 2.50 bits per heavy atom. The van der Waals surface area contributed by atoms with Crippen molar-refractivity contribution in [1.29, 1.82) is 0 Å². The second kappa shape index (κ2) is 12.1. The zero-order valence-corrected chi connectivity index (χ0v) is 29.0. The van der Waals surface area contributed by atoms with Crippen molar-refractivity contribution in [1.82, 2.24) is 19.4 Å². The van der Waals surface area contributed by atoms with Crippen molar-refractivity contribution in [3.63, 3.8) is 0 Å².